The number of hydrogen-bond donors (Lipinski definition) is 1. The van der Waals surface area contributed by atoms with Crippen LogP contribution in [-0.2, 0) is 4.79 Å². The van der Waals surface area contributed by atoms with Gasteiger partial charge in [-0.25, -0.2) is 4.98 Å². The second-order valence-electron chi connectivity index (χ2n) is 4.89. The van der Waals surface area contributed by atoms with E-state index in [0.29, 0.717) is 15.8 Å². The van der Waals surface area contributed by atoms with Crippen LogP contribution < -0.4 is 5.32 Å². The fourth-order valence-corrected chi connectivity index (χ4v) is 3.30. The highest BCUT2D eigenvalue weighted by Gasteiger charge is 2.11. The van der Waals surface area contributed by atoms with E-state index in [1.165, 1.54) is 11.8 Å². The lowest BCUT2D eigenvalue weighted by Gasteiger charge is -2.07. The lowest BCUT2D eigenvalue weighted by atomic mass is 10.2. The molecule has 0 saturated heterocycles. The largest absolute Gasteiger partial charge is 0.431 e. The second kappa shape index (κ2) is 6.95. The van der Waals surface area contributed by atoms with Gasteiger partial charge in [0.15, 0.2) is 5.58 Å². The van der Waals surface area contributed by atoms with Gasteiger partial charge in [0, 0.05) is 21.2 Å². The first-order valence-electron chi connectivity index (χ1n) is 6.76. The van der Waals surface area contributed by atoms with Crippen LogP contribution in [0.4, 0.5) is 5.69 Å². The summed E-state index contributed by atoms with van der Waals surface area (Å²) in [4.78, 5) is 16.4. The third-order valence-electron chi connectivity index (χ3n) is 3.12. The number of halogens is 2. The van der Waals surface area contributed by atoms with Crippen molar-refractivity contribution in [2.75, 3.05) is 11.1 Å². The van der Waals surface area contributed by atoms with Gasteiger partial charge >= 0.3 is 0 Å². The molecule has 0 aliphatic rings. The Morgan fingerprint density at radius 1 is 1.35 bits per heavy atom. The Morgan fingerprint density at radius 3 is 2.96 bits per heavy atom. The summed E-state index contributed by atoms with van der Waals surface area (Å²) < 4.78 is 6.55. The Bertz CT molecular complexity index is 882. The first-order valence-corrected chi connectivity index (χ1v) is 8.92. The Labute approximate surface area is 150 Å². The number of amides is 1. The number of anilines is 1. The molecule has 3 rings (SSSR count). The lowest BCUT2D eigenvalue weighted by Crippen LogP contribution is -2.14. The summed E-state index contributed by atoms with van der Waals surface area (Å²) in [5.74, 6) is 0.108. The zero-order chi connectivity index (χ0) is 16.4. The Hall–Kier alpha value is -1.50. The fourth-order valence-electron chi connectivity index (χ4n) is 2.02. The van der Waals surface area contributed by atoms with Crippen molar-refractivity contribution in [1.82, 2.24) is 4.98 Å². The monoisotopic (exact) mass is 410 g/mol. The summed E-state index contributed by atoms with van der Waals surface area (Å²) in [6.07, 6.45) is 0. The molecule has 4 nitrogen and oxygen atoms in total. The van der Waals surface area contributed by atoms with Crippen molar-refractivity contribution in [3.05, 3.63) is 51.5 Å². The number of aryl methyl sites for hydroxylation is 1. The molecule has 0 saturated carbocycles. The molecule has 118 valence electrons. The van der Waals surface area contributed by atoms with Gasteiger partial charge < -0.3 is 9.73 Å². The molecule has 2 aromatic carbocycles. The summed E-state index contributed by atoms with van der Waals surface area (Å²) in [6, 6.07) is 11.0. The van der Waals surface area contributed by atoms with Crippen LogP contribution in [0.2, 0.25) is 5.02 Å². The summed E-state index contributed by atoms with van der Waals surface area (Å²) in [7, 11) is 0. The van der Waals surface area contributed by atoms with Crippen LogP contribution in [0, 0.1) is 6.92 Å². The molecule has 0 spiro atoms. The minimum atomic E-state index is -0.110. The highest BCUT2D eigenvalue weighted by molar-refractivity contribution is 9.10. The number of nitrogens with zero attached hydrogens (tertiary/aromatic N) is 1. The van der Waals surface area contributed by atoms with Crippen molar-refractivity contribution < 1.29 is 9.21 Å². The minimum absolute atomic E-state index is 0.110. The van der Waals surface area contributed by atoms with E-state index in [4.69, 9.17) is 16.0 Å². The summed E-state index contributed by atoms with van der Waals surface area (Å²) in [6.45, 7) is 1.94. The summed E-state index contributed by atoms with van der Waals surface area (Å²) in [5, 5.41) is 3.92. The van der Waals surface area contributed by atoms with Gasteiger partial charge in [0.1, 0.15) is 5.52 Å². The van der Waals surface area contributed by atoms with E-state index in [1.807, 2.05) is 25.1 Å². The van der Waals surface area contributed by atoms with Gasteiger partial charge in [0.05, 0.1) is 5.75 Å². The normalized spacial score (nSPS) is 10.9. The Kier molecular flexibility index (Phi) is 4.94. The van der Waals surface area contributed by atoms with Gasteiger partial charge in [-0.05, 0) is 42.8 Å². The molecule has 0 aliphatic carbocycles. The number of oxazole rings is 1. The average Bonchev–Trinajstić information content (AvgIpc) is 2.90. The Morgan fingerprint density at radius 2 is 2.17 bits per heavy atom. The molecule has 1 heterocycles. The number of carbonyl (C=O) groups excluding carboxylic acids is 1. The molecule has 0 unspecified atom stereocenters. The zero-order valence-corrected chi connectivity index (χ0v) is 15.3. The molecule has 1 aromatic heterocycles. The van der Waals surface area contributed by atoms with Crippen LogP contribution >= 0.6 is 39.3 Å². The maximum absolute atomic E-state index is 12.1. The highest BCUT2D eigenvalue weighted by atomic mass is 79.9. The van der Waals surface area contributed by atoms with Crippen molar-refractivity contribution in [1.29, 1.82) is 0 Å². The van der Waals surface area contributed by atoms with E-state index in [1.54, 1.807) is 18.2 Å². The van der Waals surface area contributed by atoms with E-state index in [0.717, 1.165) is 21.2 Å². The number of thioether (sulfide) groups is 1. The van der Waals surface area contributed by atoms with Crippen LogP contribution in [0.5, 0.6) is 0 Å². The third kappa shape index (κ3) is 4.07. The van der Waals surface area contributed by atoms with Gasteiger partial charge in [-0.2, -0.15) is 0 Å². The zero-order valence-electron chi connectivity index (χ0n) is 12.1. The van der Waals surface area contributed by atoms with Crippen molar-refractivity contribution >= 4 is 62.0 Å². The standard InChI is InChI=1S/C16H12BrClN2O2S/c1-9-6-10(17)2-4-12(9)19-15(21)8-23-16-20-13-5-3-11(18)7-14(13)22-16/h2-7H,8H2,1H3,(H,19,21). The van der Waals surface area contributed by atoms with E-state index in [2.05, 4.69) is 26.2 Å². The van der Waals surface area contributed by atoms with E-state index < -0.39 is 0 Å². The highest BCUT2D eigenvalue weighted by Crippen LogP contribution is 2.26. The van der Waals surface area contributed by atoms with Gasteiger partial charge in [-0.1, -0.05) is 39.3 Å². The van der Waals surface area contributed by atoms with E-state index in [9.17, 15) is 4.79 Å². The quantitative estimate of drug-likeness (QED) is 0.593. The molecule has 0 bridgehead atoms. The molecule has 1 amide bonds. The second-order valence-corrected chi connectivity index (χ2v) is 7.17. The predicted octanol–water partition coefficient (Wildman–Crippen LogP) is 5.28. The topological polar surface area (TPSA) is 55.1 Å². The molecule has 0 atom stereocenters. The van der Waals surface area contributed by atoms with Crippen molar-refractivity contribution in [3.8, 4) is 0 Å². The van der Waals surface area contributed by atoms with Gasteiger partial charge in [-0.3, -0.25) is 4.79 Å². The van der Waals surface area contributed by atoms with Crippen molar-refractivity contribution in [3.63, 3.8) is 0 Å². The number of hydrogen-bond acceptors (Lipinski definition) is 4. The minimum Gasteiger partial charge on any atom is -0.431 e. The first-order chi connectivity index (χ1) is 11.0. The molecule has 0 radical (unpaired) electrons. The van der Waals surface area contributed by atoms with Crippen LogP contribution in [0.15, 0.2) is 50.5 Å². The summed E-state index contributed by atoms with van der Waals surface area (Å²) >= 11 is 10.6. The molecule has 7 heteroatoms. The van der Waals surface area contributed by atoms with Crippen molar-refractivity contribution in [2.45, 2.75) is 12.1 Å². The molecule has 0 aliphatic heterocycles. The van der Waals surface area contributed by atoms with Crippen LogP contribution in [0.1, 0.15) is 5.56 Å². The molecular formula is C16H12BrClN2O2S. The van der Waals surface area contributed by atoms with Gasteiger partial charge in [-0.15, -0.1) is 0 Å². The van der Waals surface area contributed by atoms with E-state index >= 15 is 0 Å². The molecule has 0 fully saturated rings. The average molecular weight is 412 g/mol. The number of rotatable bonds is 4. The van der Waals surface area contributed by atoms with Gasteiger partial charge in [0.2, 0.25) is 5.91 Å². The number of carbonyl (C=O) groups is 1. The number of aromatic nitrogens is 1. The maximum atomic E-state index is 12.1. The number of fused-ring (bicyclic) bond motifs is 1. The number of nitrogens with one attached hydrogen (secondary N) is 1. The van der Waals surface area contributed by atoms with Crippen LogP contribution in [-0.4, -0.2) is 16.6 Å². The van der Waals surface area contributed by atoms with Crippen LogP contribution in [0.3, 0.4) is 0 Å². The van der Waals surface area contributed by atoms with Crippen molar-refractivity contribution in [2.24, 2.45) is 0 Å². The molecule has 23 heavy (non-hydrogen) atoms. The lowest BCUT2D eigenvalue weighted by molar-refractivity contribution is -0.113. The maximum Gasteiger partial charge on any atom is 0.257 e. The molecule has 3 aromatic rings. The number of benzene rings is 2. The third-order valence-corrected chi connectivity index (χ3v) is 4.68. The Balaban J connectivity index is 1.63. The van der Waals surface area contributed by atoms with Crippen LogP contribution in [0.25, 0.3) is 11.1 Å². The molecular weight excluding hydrogens is 400 g/mol. The van der Waals surface area contributed by atoms with E-state index in [-0.39, 0.29) is 11.7 Å². The van der Waals surface area contributed by atoms with Gasteiger partial charge in [0.25, 0.3) is 5.22 Å². The SMILES string of the molecule is Cc1cc(Br)ccc1NC(=O)CSc1nc2ccc(Cl)cc2o1. The smallest absolute Gasteiger partial charge is 0.257 e. The fraction of sp³-hybridized carbons (Fsp3) is 0.125. The molecule has 1 N–H and O–H groups in total. The first kappa shape index (κ1) is 16.4. The summed E-state index contributed by atoms with van der Waals surface area (Å²) in [5.41, 5.74) is 3.13. The predicted molar refractivity (Wildman–Crippen MR) is 97.3 cm³/mol.